The van der Waals surface area contributed by atoms with Crippen LogP contribution >= 0.6 is 0 Å². The summed E-state index contributed by atoms with van der Waals surface area (Å²) < 4.78 is 0. The zero-order valence-corrected chi connectivity index (χ0v) is 5.99. The Kier molecular flexibility index (Phi) is 4.55. The first-order chi connectivity index (χ1) is 4.59. The van der Waals surface area contributed by atoms with Crippen LogP contribution in [0.15, 0.2) is 0 Å². The van der Waals surface area contributed by atoms with Gasteiger partial charge in [-0.05, 0) is 14.0 Å². The molecule has 0 aliphatic heterocycles. The van der Waals surface area contributed by atoms with Gasteiger partial charge in [-0.1, -0.05) is 0 Å². The summed E-state index contributed by atoms with van der Waals surface area (Å²) in [4.78, 5) is 0. The molecule has 0 fully saturated rings. The van der Waals surface area contributed by atoms with Gasteiger partial charge in [0.2, 0.25) is 0 Å². The van der Waals surface area contributed by atoms with Crippen LogP contribution in [0, 0.1) is 6.92 Å². The minimum Gasteiger partial charge on any atom is -0.390 e. The van der Waals surface area contributed by atoms with E-state index < -0.39 is 18.3 Å². The lowest BCUT2D eigenvalue weighted by molar-refractivity contribution is -0.0402. The molecule has 0 aromatic carbocycles. The van der Waals surface area contributed by atoms with Gasteiger partial charge >= 0.3 is 0 Å². The molecule has 0 saturated carbocycles. The molecule has 4 heteroatoms. The Morgan fingerprint density at radius 2 is 1.90 bits per heavy atom. The van der Waals surface area contributed by atoms with Crippen LogP contribution in [0.3, 0.4) is 0 Å². The van der Waals surface area contributed by atoms with E-state index in [0.29, 0.717) is 0 Å². The van der Waals surface area contributed by atoms with Gasteiger partial charge in [-0.25, -0.2) is 0 Å². The Bertz CT molecular complexity index is 87.1. The maximum Gasteiger partial charge on any atom is 0.107 e. The highest BCUT2D eigenvalue weighted by Crippen LogP contribution is 1.97. The molecule has 0 rings (SSSR count). The molecule has 0 amide bonds. The Hall–Kier alpha value is -0.160. The topological polar surface area (TPSA) is 72.7 Å². The number of nitrogens with one attached hydrogen (secondary N) is 1. The summed E-state index contributed by atoms with van der Waals surface area (Å²) in [7, 11) is 1.64. The van der Waals surface area contributed by atoms with Gasteiger partial charge in [-0.2, -0.15) is 0 Å². The van der Waals surface area contributed by atoms with Crippen molar-refractivity contribution in [2.75, 3.05) is 13.6 Å². The standard InChI is InChI=1S/C6H14NO3/c1-4(8)6(10)5(9)3-7-2/h4-10H,1,3H2,2H3. The molecular formula is C6H14NO3. The highest BCUT2D eigenvalue weighted by Gasteiger charge is 2.19. The summed E-state index contributed by atoms with van der Waals surface area (Å²) in [6, 6.07) is 0. The third-order valence-corrected chi connectivity index (χ3v) is 1.20. The largest absolute Gasteiger partial charge is 0.390 e. The highest BCUT2D eigenvalue weighted by molar-refractivity contribution is 4.77. The number of hydrogen-bond acceptors (Lipinski definition) is 4. The second kappa shape index (κ2) is 4.62. The maximum atomic E-state index is 8.98. The molecule has 61 valence electrons. The van der Waals surface area contributed by atoms with Gasteiger partial charge in [0, 0.05) is 6.54 Å². The first-order valence-electron chi connectivity index (χ1n) is 3.11. The van der Waals surface area contributed by atoms with E-state index in [1.54, 1.807) is 7.05 Å². The van der Waals surface area contributed by atoms with Crippen molar-refractivity contribution in [3.8, 4) is 0 Å². The van der Waals surface area contributed by atoms with Crippen molar-refractivity contribution < 1.29 is 15.3 Å². The number of likely N-dealkylation sites (N-methyl/N-ethyl adjacent to an activating group) is 1. The molecule has 0 aromatic rings. The predicted octanol–water partition coefficient (Wildman–Crippen LogP) is -1.88. The fourth-order valence-electron chi connectivity index (χ4n) is 0.586. The summed E-state index contributed by atoms with van der Waals surface area (Å²) in [6.45, 7) is 3.40. The summed E-state index contributed by atoms with van der Waals surface area (Å²) in [5, 5.41) is 29.2. The molecule has 0 heterocycles. The quantitative estimate of drug-likeness (QED) is 0.376. The van der Waals surface area contributed by atoms with Gasteiger partial charge < -0.3 is 20.6 Å². The lowest BCUT2D eigenvalue weighted by Gasteiger charge is -2.19. The molecule has 0 spiro atoms. The zero-order chi connectivity index (χ0) is 8.15. The lowest BCUT2D eigenvalue weighted by atomic mass is 10.1. The van der Waals surface area contributed by atoms with Crippen LogP contribution in [-0.2, 0) is 0 Å². The summed E-state index contributed by atoms with van der Waals surface area (Å²) in [6.07, 6.45) is -3.27. The third kappa shape index (κ3) is 3.12. The molecule has 4 nitrogen and oxygen atoms in total. The van der Waals surface area contributed by atoms with Crippen molar-refractivity contribution in [3.63, 3.8) is 0 Å². The van der Waals surface area contributed by atoms with Crippen LogP contribution in [-0.4, -0.2) is 47.2 Å². The first kappa shape index (κ1) is 9.84. The van der Waals surface area contributed by atoms with Crippen molar-refractivity contribution in [2.24, 2.45) is 0 Å². The van der Waals surface area contributed by atoms with E-state index in [4.69, 9.17) is 15.3 Å². The van der Waals surface area contributed by atoms with E-state index in [1.165, 1.54) is 0 Å². The Labute approximate surface area is 60.5 Å². The molecule has 10 heavy (non-hydrogen) atoms. The summed E-state index contributed by atoms with van der Waals surface area (Å²) in [5.74, 6) is 0. The predicted molar refractivity (Wildman–Crippen MR) is 37.3 cm³/mol. The molecule has 1 radical (unpaired) electrons. The van der Waals surface area contributed by atoms with Crippen molar-refractivity contribution in [1.29, 1.82) is 0 Å². The molecular weight excluding hydrogens is 134 g/mol. The Morgan fingerprint density at radius 1 is 1.40 bits per heavy atom. The lowest BCUT2D eigenvalue weighted by Crippen LogP contribution is -2.41. The second-order valence-corrected chi connectivity index (χ2v) is 2.18. The van der Waals surface area contributed by atoms with Crippen LogP contribution < -0.4 is 5.32 Å². The normalized spacial score (nSPS) is 20.1. The van der Waals surface area contributed by atoms with Crippen LogP contribution in [0.25, 0.3) is 0 Å². The molecule has 0 aromatic heterocycles. The third-order valence-electron chi connectivity index (χ3n) is 1.20. The van der Waals surface area contributed by atoms with E-state index in [2.05, 4.69) is 12.2 Å². The summed E-state index contributed by atoms with van der Waals surface area (Å²) in [5.41, 5.74) is 0. The van der Waals surface area contributed by atoms with Crippen LogP contribution in [0.2, 0.25) is 0 Å². The molecule has 4 N–H and O–H groups in total. The first-order valence-corrected chi connectivity index (χ1v) is 3.11. The SMILES string of the molecule is [CH2]C(O)C(O)C(O)CNC. The molecule has 0 aliphatic rings. The molecule has 0 aliphatic carbocycles. The van der Waals surface area contributed by atoms with Crippen LogP contribution in [0.5, 0.6) is 0 Å². The van der Waals surface area contributed by atoms with Gasteiger partial charge in [0.25, 0.3) is 0 Å². The monoisotopic (exact) mass is 148 g/mol. The van der Waals surface area contributed by atoms with Crippen molar-refractivity contribution >= 4 is 0 Å². The van der Waals surface area contributed by atoms with Crippen molar-refractivity contribution in [3.05, 3.63) is 6.92 Å². The zero-order valence-electron chi connectivity index (χ0n) is 5.99. The molecule has 3 unspecified atom stereocenters. The fraction of sp³-hybridized carbons (Fsp3) is 0.833. The van der Waals surface area contributed by atoms with E-state index in [9.17, 15) is 0 Å². The number of rotatable bonds is 4. The van der Waals surface area contributed by atoms with Crippen LogP contribution in [0.1, 0.15) is 0 Å². The highest BCUT2D eigenvalue weighted by atomic mass is 16.4. The maximum absolute atomic E-state index is 8.98. The van der Waals surface area contributed by atoms with Gasteiger partial charge in [0.1, 0.15) is 6.10 Å². The van der Waals surface area contributed by atoms with Gasteiger partial charge in [-0.15, -0.1) is 0 Å². The molecule has 3 atom stereocenters. The van der Waals surface area contributed by atoms with Crippen LogP contribution in [0.4, 0.5) is 0 Å². The second-order valence-electron chi connectivity index (χ2n) is 2.18. The van der Waals surface area contributed by atoms with Gasteiger partial charge in [0.15, 0.2) is 0 Å². The van der Waals surface area contributed by atoms with Crippen molar-refractivity contribution in [2.45, 2.75) is 18.3 Å². The molecule has 0 saturated heterocycles. The van der Waals surface area contributed by atoms with Crippen molar-refractivity contribution in [1.82, 2.24) is 5.32 Å². The summed E-state index contributed by atoms with van der Waals surface area (Å²) >= 11 is 0. The fourth-order valence-corrected chi connectivity index (χ4v) is 0.586. The van der Waals surface area contributed by atoms with Gasteiger partial charge in [0.05, 0.1) is 12.2 Å². The minimum atomic E-state index is -1.17. The number of aliphatic hydroxyl groups is 3. The number of aliphatic hydroxyl groups excluding tert-OH is 3. The van der Waals surface area contributed by atoms with Gasteiger partial charge in [-0.3, -0.25) is 0 Å². The van der Waals surface area contributed by atoms with E-state index >= 15 is 0 Å². The molecule has 0 bridgehead atoms. The van der Waals surface area contributed by atoms with E-state index in [1.807, 2.05) is 0 Å². The average molecular weight is 148 g/mol. The smallest absolute Gasteiger partial charge is 0.107 e. The Balaban J connectivity index is 3.58. The minimum absolute atomic E-state index is 0.244. The Morgan fingerprint density at radius 3 is 2.20 bits per heavy atom. The number of hydrogen-bond donors (Lipinski definition) is 4. The average Bonchev–Trinajstić information content (AvgIpc) is 1.87. The van der Waals surface area contributed by atoms with E-state index in [-0.39, 0.29) is 6.54 Å². The van der Waals surface area contributed by atoms with E-state index in [0.717, 1.165) is 0 Å².